The van der Waals surface area contributed by atoms with E-state index in [0.29, 0.717) is 10.7 Å². The summed E-state index contributed by atoms with van der Waals surface area (Å²) in [5, 5.41) is 7.28. The van der Waals surface area contributed by atoms with Crippen LogP contribution in [-0.4, -0.2) is 11.1 Å². The number of amides is 1. The maximum absolute atomic E-state index is 12.5. The summed E-state index contributed by atoms with van der Waals surface area (Å²) in [6, 6.07) is 11.0. The summed E-state index contributed by atoms with van der Waals surface area (Å²) in [5.74, 6) is -0.371. The highest BCUT2D eigenvalue weighted by molar-refractivity contribution is 9.11. The first kappa shape index (κ1) is 16.0. The van der Waals surface area contributed by atoms with E-state index in [0.717, 1.165) is 14.2 Å². The van der Waals surface area contributed by atoms with Crippen LogP contribution in [-0.2, 0) is 6.54 Å². The molecule has 8 heteroatoms. The van der Waals surface area contributed by atoms with Gasteiger partial charge in [0.2, 0.25) is 5.88 Å². The van der Waals surface area contributed by atoms with Crippen LogP contribution in [0.4, 0.5) is 5.88 Å². The molecule has 1 aromatic carbocycles. The average Bonchev–Trinajstić information content (AvgIpc) is 3.12. The molecule has 2 aromatic heterocycles. The van der Waals surface area contributed by atoms with Crippen molar-refractivity contribution in [1.29, 1.82) is 0 Å². The minimum atomic E-state index is -0.358. The third kappa shape index (κ3) is 3.41. The second-order valence-corrected chi connectivity index (χ2v) is 7.52. The molecule has 0 unspecified atom stereocenters. The van der Waals surface area contributed by atoms with Gasteiger partial charge in [0.1, 0.15) is 11.3 Å². The zero-order valence-corrected chi connectivity index (χ0v) is 14.8. The summed E-state index contributed by atoms with van der Waals surface area (Å²) in [7, 11) is 0. The van der Waals surface area contributed by atoms with E-state index in [4.69, 9.17) is 21.9 Å². The van der Waals surface area contributed by atoms with E-state index >= 15 is 0 Å². The number of nitrogens with two attached hydrogens (primary N) is 1. The Hall–Kier alpha value is -1.83. The summed E-state index contributed by atoms with van der Waals surface area (Å²) in [6.07, 6.45) is 0. The lowest BCUT2D eigenvalue weighted by molar-refractivity contribution is 0.0952. The molecule has 0 spiro atoms. The minimum absolute atomic E-state index is 0.0128. The maximum atomic E-state index is 12.5. The Balaban J connectivity index is 1.83. The van der Waals surface area contributed by atoms with Crippen molar-refractivity contribution in [3.8, 4) is 10.6 Å². The summed E-state index contributed by atoms with van der Waals surface area (Å²) in [6.45, 7) is 0.288. The predicted octanol–water partition coefficient (Wildman–Crippen LogP) is 4.33. The van der Waals surface area contributed by atoms with Crippen LogP contribution in [0.5, 0.6) is 0 Å². The summed E-state index contributed by atoms with van der Waals surface area (Å²) >= 11 is 10.9. The number of carbonyl (C=O) groups is 1. The fourth-order valence-corrected chi connectivity index (χ4v) is 3.61. The fourth-order valence-electron chi connectivity index (χ4n) is 2.04. The number of halogens is 2. The van der Waals surface area contributed by atoms with Gasteiger partial charge in [0.05, 0.1) is 8.66 Å². The molecule has 5 nitrogen and oxygen atoms in total. The summed E-state index contributed by atoms with van der Waals surface area (Å²) in [4.78, 5) is 13.3. The van der Waals surface area contributed by atoms with E-state index in [-0.39, 0.29) is 23.9 Å². The van der Waals surface area contributed by atoms with E-state index in [1.54, 1.807) is 6.07 Å². The standard InChI is InChI=1S/C15H11BrClN3O2S/c16-11-6-5-10(23-11)13-12(14(18)22-20-13)15(21)19-7-8-3-1-2-4-9(8)17/h1-6H,7,18H2,(H,19,21). The lowest BCUT2D eigenvalue weighted by Crippen LogP contribution is -2.24. The number of benzene rings is 1. The molecule has 0 bridgehead atoms. The third-order valence-electron chi connectivity index (χ3n) is 3.15. The van der Waals surface area contributed by atoms with Crippen LogP contribution in [0.25, 0.3) is 10.6 Å². The maximum Gasteiger partial charge on any atom is 0.259 e. The monoisotopic (exact) mass is 411 g/mol. The van der Waals surface area contributed by atoms with Crippen molar-refractivity contribution < 1.29 is 9.32 Å². The van der Waals surface area contributed by atoms with Crippen LogP contribution in [0.1, 0.15) is 15.9 Å². The van der Waals surface area contributed by atoms with Gasteiger partial charge in [-0.15, -0.1) is 11.3 Å². The number of thiophene rings is 1. The van der Waals surface area contributed by atoms with Crippen molar-refractivity contribution in [1.82, 2.24) is 10.5 Å². The van der Waals surface area contributed by atoms with Crippen molar-refractivity contribution in [2.45, 2.75) is 6.54 Å². The number of anilines is 1. The van der Waals surface area contributed by atoms with E-state index in [2.05, 4.69) is 26.4 Å². The zero-order chi connectivity index (χ0) is 16.4. The highest BCUT2D eigenvalue weighted by Crippen LogP contribution is 2.34. The molecule has 0 saturated heterocycles. The molecule has 23 heavy (non-hydrogen) atoms. The molecule has 1 amide bonds. The minimum Gasteiger partial charge on any atom is -0.367 e. The Morgan fingerprint density at radius 3 is 2.83 bits per heavy atom. The molecule has 0 saturated carbocycles. The van der Waals surface area contributed by atoms with E-state index in [1.165, 1.54) is 11.3 Å². The van der Waals surface area contributed by atoms with E-state index in [9.17, 15) is 4.79 Å². The molecule has 0 aliphatic rings. The van der Waals surface area contributed by atoms with Crippen LogP contribution in [0, 0.1) is 0 Å². The number of hydrogen-bond acceptors (Lipinski definition) is 5. The van der Waals surface area contributed by atoms with Gasteiger partial charge in [-0.2, -0.15) is 0 Å². The van der Waals surface area contributed by atoms with Crippen LogP contribution < -0.4 is 11.1 Å². The molecule has 0 fully saturated rings. The molecule has 0 aliphatic carbocycles. The van der Waals surface area contributed by atoms with Crippen molar-refractivity contribution in [3.63, 3.8) is 0 Å². The van der Waals surface area contributed by atoms with Crippen LogP contribution in [0.2, 0.25) is 5.02 Å². The van der Waals surface area contributed by atoms with Crippen molar-refractivity contribution >= 4 is 50.7 Å². The Bertz CT molecular complexity index is 862. The predicted molar refractivity (Wildman–Crippen MR) is 94.6 cm³/mol. The second-order valence-electron chi connectivity index (χ2n) is 4.65. The van der Waals surface area contributed by atoms with Crippen LogP contribution in [0.3, 0.4) is 0 Å². The van der Waals surface area contributed by atoms with Crippen LogP contribution in [0.15, 0.2) is 44.7 Å². The Kier molecular flexibility index (Phi) is 4.70. The lowest BCUT2D eigenvalue weighted by Gasteiger charge is -2.06. The smallest absolute Gasteiger partial charge is 0.259 e. The summed E-state index contributed by atoms with van der Waals surface area (Å²) in [5.41, 5.74) is 7.23. The van der Waals surface area contributed by atoms with Crippen LogP contribution >= 0.6 is 38.9 Å². The summed E-state index contributed by atoms with van der Waals surface area (Å²) < 4.78 is 5.92. The normalized spacial score (nSPS) is 10.7. The topological polar surface area (TPSA) is 81.2 Å². The largest absolute Gasteiger partial charge is 0.367 e. The second kappa shape index (κ2) is 6.74. The van der Waals surface area contributed by atoms with Crippen molar-refractivity contribution in [2.24, 2.45) is 0 Å². The number of nitrogens with one attached hydrogen (secondary N) is 1. The van der Waals surface area contributed by atoms with Gasteiger partial charge in [0, 0.05) is 11.6 Å². The first-order valence-electron chi connectivity index (χ1n) is 6.58. The zero-order valence-electron chi connectivity index (χ0n) is 11.7. The van der Waals surface area contributed by atoms with E-state index < -0.39 is 0 Å². The van der Waals surface area contributed by atoms with Gasteiger partial charge in [-0.1, -0.05) is 35.0 Å². The average molecular weight is 413 g/mol. The first-order chi connectivity index (χ1) is 11.1. The number of aromatic nitrogens is 1. The molecule has 3 N–H and O–H groups in total. The van der Waals surface area contributed by atoms with Gasteiger partial charge < -0.3 is 15.6 Å². The van der Waals surface area contributed by atoms with Crippen molar-refractivity contribution in [2.75, 3.05) is 5.73 Å². The number of rotatable bonds is 4. The molecule has 118 valence electrons. The first-order valence-corrected chi connectivity index (χ1v) is 8.57. The van der Waals surface area contributed by atoms with Gasteiger partial charge in [-0.3, -0.25) is 4.79 Å². The van der Waals surface area contributed by atoms with E-state index in [1.807, 2.05) is 30.3 Å². The molecule has 3 rings (SSSR count). The highest BCUT2D eigenvalue weighted by Gasteiger charge is 2.23. The Morgan fingerprint density at radius 1 is 1.35 bits per heavy atom. The molecule has 0 atom stereocenters. The fraction of sp³-hybridized carbons (Fsp3) is 0.0667. The van der Waals surface area contributed by atoms with Gasteiger partial charge in [-0.25, -0.2) is 0 Å². The molecule has 3 aromatic rings. The molecule has 0 radical (unpaired) electrons. The van der Waals surface area contributed by atoms with Gasteiger partial charge in [0.15, 0.2) is 0 Å². The molecular weight excluding hydrogens is 402 g/mol. The van der Waals surface area contributed by atoms with Crippen molar-refractivity contribution in [3.05, 3.63) is 56.3 Å². The number of hydrogen-bond donors (Lipinski definition) is 2. The van der Waals surface area contributed by atoms with Gasteiger partial charge in [0.25, 0.3) is 5.91 Å². The number of nitrogens with zero attached hydrogens (tertiary/aromatic N) is 1. The highest BCUT2D eigenvalue weighted by atomic mass is 79.9. The number of nitrogen functional groups attached to an aromatic ring is 1. The molecule has 0 aliphatic heterocycles. The Morgan fingerprint density at radius 2 is 2.13 bits per heavy atom. The molecule has 2 heterocycles. The third-order valence-corrected chi connectivity index (χ3v) is 5.15. The number of carbonyl (C=O) groups excluding carboxylic acids is 1. The lowest BCUT2D eigenvalue weighted by atomic mass is 10.1. The molecular formula is C15H11BrClN3O2S. The van der Waals surface area contributed by atoms with Gasteiger partial charge >= 0.3 is 0 Å². The SMILES string of the molecule is Nc1onc(-c2ccc(Br)s2)c1C(=O)NCc1ccccc1Cl. The Labute approximate surface area is 149 Å². The van der Waals surface area contributed by atoms with Gasteiger partial charge in [-0.05, 0) is 39.7 Å². The quantitative estimate of drug-likeness (QED) is 0.668.